The first-order chi connectivity index (χ1) is 13.3. The van der Waals surface area contributed by atoms with Crippen molar-refractivity contribution in [3.8, 4) is 0 Å². The van der Waals surface area contributed by atoms with Crippen LogP contribution in [0.2, 0.25) is 0 Å². The van der Waals surface area contributed by atoms with Crippen LogP contribution in [0.25, 0.3) is 11.0 Å². The molecule has 3 aromatic heterocycles. The van der Waals surface area contributed by atoms with E-state index in [2.05, 4.69) is 34.4 Å². The molecule has 0 unspecified atom stereocenters. The SMILES string of the molecule is CC[C@@H](Nc1nc(NCc2cccnc2)c2[nH]cc(C(C)C)c2n1)C(C)(C)O. The van der Waals surface area contributed by atoms with Crippen LogP contribution in [-0.2, 0) is 6.54 Å². The van der Waals surface area contributed by atoms with Crippen LogP contribution in [0.5, 0.6) is 0 Å². The van der Waals surface area contributed by atoms with Crippen molar-refractivity contribution in [1.82, 2.24) is 19.9 Å². The molecular formula is C21H30N6O. The molecule has 0 saturated carbocycles. The Balaban J connectivity index is 1.98. The van der Waals surface area contributed by atoms with Gasteiger partial charge in [-0.25, -0.2) is 4.98 Å². The second-order valence-corrected chi connectivity index (χ2v) is 7.99. The van der Waals surface area contributed by atoms with Crippen molar-refractivity contribution in [2.24, 2.45) is 0 Å². The van der Waals surface area contributed by atoms with Gasteiger partial charge in [0.15, 0.2) is 5.82 Å². The Hall–Kier alpha value is -2.67. The molecule has 150 valence electrons. The number of hydrogen-bond donors (Lipinski definition) is 4. The summed E-state index contributed by atoms with van der Waals surface area (Å²) in [6.07, 6.45) is 6.35. The Morgan fingerprint density at radius 2 is 2.04 bits per heavy atom. The maximum atomic E-state index is 10.4. The lowest BCUT2D eigenvalue weighted by Gasteiger charge is -2.29. The van der Waals surface area contributed by atoms with Crippen LogP contribution < -0.4 is 10.6 Å². The van der Waals surface area contributed by atoms with E-state index >= 15 is 0 Å². The number of pyridine rings is 1. The van der Waals surface area contributed by atoms with E-state index in [1.165, 1.54) is 0 Å². The summed E-state index contributed by atoms with van der Waals surface area (Å²) in [5.74, 6) is 1.57. The minimum absolute atomic E-state index is 0.155. The molecule has 0 aliphatic carbocycles. The van der Waals surface area contributed by atoms with E-state index in [-0.39, 0.29) is 6.04 Å². The summed E-state index contributed by atoms with van der Waals surface area (Å²) in [6.45, 7) is 10.5. The van der Waals surface area contributed by atoms with Gasteiger partial charge in [-0.1, -0.05) is 26.8 Å². The molecule has 0 aliphatic heterocycles. The van der Waals surface area contributed by atoms with Crippen LogP contribution >= 0.6 is 0 Å². The number of fused-ring (bicyclic) bond motifs is 1. The Labute approximate surface area is 166 Å². The molecule has 0 fully saturated rings. The number of rotatable bonds is 8. The first-order valence-corrected chi connectivity index (χ1v) is 9.80. The first kappa shape index (κ1) is 20.1. The van der Waals surface area contributed by atoms with Gasteiger partial charge in [0.25, 0.3) is 0 Å². The zero-order valence-electron chi connectivity index (χ0n) is 17.2. The predicted molar refractivity (Wildman–Crippen MR) is 114 cm³/mol. The third-order valence-corrected chi connectivity index (χ3v) is 4.92. The van der Waals surface area contributed by atoms with Crippen molar-refractivity contribution in [2.75, 3.05) is 10.6 Å². The molecule has 28 heavy (non-hydrogen) atoms. The molecule has 0 spiro atoms. The Bertz CT molecular complexity index is 914. The average molecular weight is 383 g/mol. The second kappa shape index (κ2) is 8.14. The zero-order valence-corrected chi connectivity index (χ0v) is 17.2. The Morgan fingerprint density at radius 1 is 1.25 bits per heavy atom. The van der Waals surface area contributed by atoms with E-state index in [0.29, 0.717) is 18.4 Å². The quantitative estimate of drug-likeness (QED) is 0.469. The van der Waals surface area contributed by atoms with E-state index in [9.17, 15) is 5.11 Å². The summed E-state index contributed by atoms with van der Waals surface area (Å²) in [7, 11) is 0. The van der Waals surface area contributed by atoms with E-state index in [0.717, 1.165) is 34.4 Å². The summed E-state index contributed by atoms with van der Waals surface area (Å²) >= 11 is 0. The topological polar surface area (TPSA) is 98.8 Å². The largest absolute Gasteiger partial charge is 0.388 e. The molecule has 0 aromatic carbocycles. The Morgan fingerprint density at radius 3 is 2.64 bits per heavy atom. The summed E-state index contributed by atoms with van der Waals surface area (Å²) < 4.78 is 0. The van der Waals surface area contributed by atoms with Gasteiger partial charge in [0.2, 0.25) is 5.95 Å². The summed E-state index contributed by atoms with van der Waals surface area (Å²) in [5, 5.41) is 17.1. The van der Waals surface area contributed by atoms with Gasteiger partial charge in [-0.2, -0.15) is 4.98 Å². The fourth-order valence-electron chi connectivity index (χ4n) is 3.28. The van der Waals surface area contributed by atoms with Gasteiger partial charge in [-0.15, -0.1) is 0 Å². The zero-order chi connectivity index (χ0) is 20.3. The minimum Gasteiger partial charge on any atom is -0.388 e. The molecule has 0 aliphatic rings. The van der Waals surface area contributed by atoms with Gasteiger partial charge < -0.3 is 20.7 Å². The van der Waals surface area contributed by atoms with Gasteiger partial charge in [-0.3, -0.25) is 4.98 Å². The Kier molecular flexibility index (Phi) is 5.84. The van der Waals surface area contributed by atoms with Gasteiger partial charge >= 0.3 is 0 Å². The molecule has 3 aromatic rings. The predicted octanol–water partition coefficient (Wildman–Crippen LogP) is 4.05. The van der Waals surface area contributed by atoms with Crippen molar-refractivity contribution in [3.63, 3.8) is 0 Å². The highest BCUT2D eigenvalue weighted by Crippen LogP contribution is 2.29. The molecule has 4 N–H and O–H groups in total. The van der Waals surface area contributed by atoms with Crippen LogP contribution in [0, 0.1) is 0 Å². The van der Waals surface area contributed by atoms with Gasteiger partial charge in [0, 0.05) is 25.1 Å². The van der Waals surface area contributed by atoms with Crippen LogP contribution in [-0.4, -0.2) is 36.7 Å². The van der Waals surface area contributed by atoms with Crippen molar-refractivity contribution < 1.29 is 5.11 Å². The summed E-state index contributed by atoms with van der Waals surface area (Å²) in [5.41, 5.74) is 3.11. The smallest absolute Gasteiger partial charge is 0.225 e. The average Bonchev–Trinajstić information content (AvgIpc) is 3.08. The van der Waals surface area contributed by atoms with Crippen LogP contribution in [0.3, 0.4) is 0 Å². The molecule has 7 nitrogen and oxygen atoms in total. The summed E-state index contributed by atoms with van der Waals surface area (Å²) in [4.78, 5) is 16.9. The number of H-pyrrole nitrogens is 1. The van der Waals surface area contributed by atoms with Crippen molar-refractivity contribution in [1.29, 1.82) is 0 Å². The molecule has 3 heterocycles. The first-order valence-electron chi connectivity index (χ1n) is 9.80. The fraction of sp³-hybridized carbons (Fsp3) is 0.476. The highest BCUT2D eigenvalue weighted by Gasteiger charge is 2.26. The van der Waals surface area contributed by atoms with Crippen molar-refractivity contribution in [3.05, 3.63) is 41.9 Å². The van der Waals surface area contributed by atoms with Crippen molar-refractivity contribution in [2.45, 2.75) is 65.1 Å². The van der Waals surface area contributed by atoms with Crippen molar-refractivity contribution >= 4 is 22.8 Å². The van der Waals surface area contributed by atoms with Crippen LogP contribution in [0.4, 0.5) is 11.8 Å². The molecule has 1 atom stereocenters. The van der Waals surface area contributed by atoms with Crippen LogP contribution in [0.1, 0.15) is 58.1 Å². The lowest BCUT2D eigenvalue weighted by atomic mass is 9.97. The fourth-order valence-corrected chi connectivity index (χ4v) is 3.28. The minimum atomic E-state index is -0.880. The molecule has 0 bridgehead atoms. The number of hydrogen-bond acceptors (Lipinski definition) is 6. The second-order valence-electron chi connectivity index (χ2n) is 7.99. The third kappa shape index (κ3) is 4.42. The number of anilines is 2. The molecule has 3 rings (SSSR count). The number of aliphatic hydroxyl groups is 1. The molecule has 0 saturated heterocycles. The number of aromatic amines is 1. The molecule has 0 amide bonds. The standard InChI is InChI=1S/C21H30N6O/c1-6-16(21(4,5)28)25-20-26-17-15(13(2)3)12-23-18(17)19(27-20)24-11-14-8-7-9-22-10-14/h7-10,12-13,16,23,28H,6,11H2,1-5H3,(H2,24,25,26,27)/t16-/m1/s1. The molecular weight excluding hydrogens is 352 g/mol. The number of nitrogens with zero attached hydrogens (tertiary/aromatic N) is 3. The molecule has 0 radical (unpaired) electrons. The van der Waals surface area contributed by atoms with E-state index < -0.39 is 5.60 Å². The van der Waals surface area contributed by atoms with Gasteiger partial charge in [0.05, 0.1) is 17.2 Å². The maximum Gasteiger partial charge on any atom is 0.225 e. The van der Waals surface area contributed by atoms with Gasteiger partial charge in [0.1, 0.15) is 5.52 Å². The maximum absolute atomic E-state index is 10.4. The van der Waals surface area contributed by atoms with E-state index in [1.807, 2.05) is 31.5 Å². The number of aromatic nitrogens is 4. The highest BCUT2D eigenvalue weighted by molar-refractivity contribution is 5.89. The summed E-state index contributed by atoms with van der Waals surface area (Å²) in [6, 6.07) is 3.78. The lowest BCUT2D eigenvalue weighted by molar-refractivity contribution is 0.0577. The lowest BCUT2D eigenvalue weighted by Crippen LogP contribution is -2.41. The van der Waals surface area contributed by atoms with E-state index in [1.54, 1.807) is 20.0 Å². The molecule has 7 heteroatoms. The highest BCUT2D eigenvalue weighted by atomic mass is 16.3. The number of nitrogens with one attached hydrogen (secondary N) is 3. The monoisotopic (exact) mass is 382 g/mol. The normalized spacial score (nSPS) is 13.1. The van der Waals surface area contributed by atoms with Gasteiger partial charge in [-0.05, 0) is 43.4 Å². The van der Waals surface area contributed by atoms with E-state index in [4.69, 9.17) is 9.97 Å². The van der Waals surface area contributed by atoms with Crippen LogP contribution in [0.15, 0.2) is 30.7 Å². The third-order valence-electron chi connectivity index (χ3n) is 4.92.